The molecule has 1 aromatic rings. The molecule has 94 valence electrons. The Balaban J connectivity index is 2.47. The second kappa shape index (κ2) is 5.63. The van der Waals surface area contributed by atoms with Crippen molar-refractivity contribution >= 4 is 45.1 Å². The van der Waals surface area contributed by atoms with Gasteiger partial charge in [0.05, 0.1) is 0 Å². The van der Waals surface area contributed by atoms with E-state index in [9.17, 15) is 4.79 Å². The lowest BCUT2D eigenvalue weighted by molar-refractivity contribution is -0.131. The van der Waals surface area contributed by atoms with Crippen molar-refractivity contribution in [2.75, 3.05) is 11.9 Å². The van der Waals surface area contributed by atoms with E-state index in [1.54, 1.807) is 6.08 Å². The number of halogens is 1. The minimum atomic E-state index is -0.949. The van der Waals surface area contributed by atoms with Crippen LogP contribution in [-0.4, -0.2) is 17.6 Å². The lowest BCUT2D eigenvalue weighted by Crippen LogP contribution is -2.00. The third-order valence-electron chi connectivity index (χ3n) is 2.68. The largest absolute Gasteiger partial charge is 0.478 e. The maximum atomic E-state index is 10.6. The number of carbonyl (C=O) groups is 1. The standard InChI is InChI=1S/C13H12BrNO2S/c14-9-2-3-11-10(7-9)13(18)8(5-6-15-11)1-4-12(16)17/h1-4,7,15,18H,5-6H2,(H,16,17)/b4-1+. The zero-order valence-electron chi connectivity index (χ0n) is 9.48. The van der Waals surface area contributed by atoms with Gasteiger partial charge in [0.25, 0.3) is 0 Å². The first-order valence-electron chi connectivity index (χ1n) is 5.45. The Labute approximate surface area is 119 Å². The Morgan fingerprint density at radius 1 is 1.50 bits per heavy atom. The zero-order valence-corrected chi connectivity index (χ0v) is 12.0. The van der Waals surface area contributed by atoms with Crippen molar-refractivity contribution in [3.63, 3.8) is 0 Å². The molecule has 1 aliphatic rings. The third kappa shape index (κ3) is 2.97. The van der Waals surface area contributed by atoms with Crippen molar-refractivity contribution < 1.29 is 9.90 Å². The van der Waals surface area contributed by atoms with Gasteiger partial charge in [-0.05, 0) is 30.2 Å². The summed E-state index contributed by atoms with van der Waals surface area (Å²) in [5.41, 5.74) is 2.92. The van der Waals surface area contributed by atoms with Crippen LogP contribution in [0.2, 0.25) is 0 Å². The zero-order chi connectivity index (χ0) is 13.1. The predicted octanol–water partition coefficient (Wildman–Crippen LogP) is 3.55. The number of allylic oxidation sites excluding steroid dienone is 1. The number of fused-ring (bicyclic) bond motifs is 1. The summed E-state index contributed by atoms with van der Waals surface area (Å²) in [4.78, 5) is 11.4. The molecule has 0 saturated heterocycles. The van der Waals surface area contributed by atoms with E-state index >= 15 is 0 Å². The number of thiol groups is 1. The first-order chi connectivity index (χ1) is 8.58. The van der Waals surface area contributed by atoms with Gasteiger partial charge in [0.15, 0.2) is 0 Å². The molecule has 3 nitrogen and oxygen atoms in total. The number of carboxylic acids is 1. The van der Waals surface area contributed by atoms with Crippen LogP contribution in [0.4, 0.5) is 5.69 Å². The number of rotatable bonds is 2. The molecule has 2 N–H and O–H groups in total. The Hall–Kier alpha value is -1.20. The SMILES string of the molecule is O=C(O)/C=C/C1=C(S)c2cc(Br)ccc2NCC1. The van der Waals surface area contributed by atoms with Gasteiger partial charge in [-0.1, -0.05) is 22.0 Å². The van der Waals surface area contributed by atoms with E-state index in [2.05, 4.69) is 33.9 Å². The first kappa shape index (κ1) is 13.2. The first-order valence-corrected chi connectivity index (χ1v) is 6.69. The highest BCUT2D eigenvalue weighted by Gasteiger charge is 2.13. The van der Waals surface area contributed by atoms with Crippen LogP contribution in [0.5, 0.6) is 0 Å². The molecule has 0 fully saturated rings. The van der Waals surface area contributed by atoms with Gasteiger partial charge >= 0.3 is 5.97 Å². The predicted molar refractivity (Wildman–Crippen MR) is 79.9 cm³/mol. The topological polar surface area (TPSA) is 49.3 Å². The van der Waals surface area contributed by atoms with Crippen LogP contribution in [0.15, 0.2) is 40.4 Å². The van der Waals surface area contributed by atoms with E-state index in [0.29, 0.717) is 0 Å². The van der Waals surface area contributed by atoms with Crippen molar-refractivity contribution in [3.8, 4) is 0 Å². The number of hydrogen-bond donors (Lipinski definition) is 3. The maximum Gasteiger partial charge on any atom is 0.328 e. The molecule has 0 atom stereocenters. The summed E-state index contributed by atoms with van der Waals surface area (Å²) in [5, 5.41) is 12.0. The number of nitrogens with one attached hydrogen (secondary N) is 1. The fourth-order valence-corrected chi connectivity index (χ4v) is 2.56. The minimum Gasteiger partial charge on any atom is -0.478 e. The fraction of sp³-hybridized carbons (Fsp3) is 0.154. The van der Waals surface area contributed by atoms with E-state index in [1.165, 1.54) is 0 Å². The quantitative estimate of drug-likeness (QED) is 0.575. The van der Waals surface area contributed by atoms with Crippen molar-refractivity contribution in [3.05, 3.63) is 46.0 Å². The lowest BCUT2D eigenvalue weighted by atomic mass is 10.1. The van der Waals surface area contributed by atoms with Gasteiger partial charge in [-0.3, -0.25) is 0 Å². The van der Waals surface area contributed by atoms with E-state index in [1.807, 2.05) is 18.2 Å². The highest BCUT2D eigenvalue weighted by Crippen LogP contribution is 2.35. The molecule has 0 bridgehead atoms. The highest BCUT2D eigenvalue weighted by atomic mass is 79.9. The molecule has 0 amide bonds. The van der Waals surface area contributed by atoms with Crippen LogP contribution in [0, 0.1) is 0 Å². The molecule has 5 heteroatoms. The molecule has 2 rings (SSSR count). The Kier molecular flexibility index (Phi) is 4.14. The molecule has 1 heterocycles. The molecule has 18 heavy (non-hydrogen) atoms. The third-order valence-corrected chi connectivity index (χ3v) is 3.70. The van der Waals surface area contributed by atoms with Crippen LogP contribution in [-0.2, 0) is 4.79 Å². The molecule has 1 aliphatic heterocycles. The molecule has 0 aromatic heterocycles. The molecule has 0 unspecified atom stereocenters. The maximum absolute atomic E-state index is 10.6. The van der Waals surface area contributed by atoms with E-state index in [-0.39, 0.29) is 0 Å². The molecule has 0 radical (unpaired) electrons. The van der Waals surface area contributed by atoms with Gasteiger partial charge in [0.1, 0.15) is 0 Å². The van der Waals surface area contributed by atoms with Crippen LogP contribution >= 0.6 is 28.6 Å². The van der Waals surface area contributed by atoms with Crippen molar-refractivity contribution in [2.24, 2.45) is 0 Å². The van der Waals surface area contributed by atoms with Gasteiger partial charge < -0.3 is 10.4 Å². The summed E-state index contributed by atoms with van der Waals surface area (Å²) in [6, 6.07) is 5.93. The highest BCUT2D eigenvalue weighted by molar-refractivity contribution is 9.10. The van der Waals surface area contributed by atoms with E-state index < -0.39 is 5.97 Å². The summed E-state index contributed by atoms with van der Waals surface area (Å²) in [6.07, 6.45) is 3.51. The summed E-state index contributed by atoms with van der Waals surface area (Å²) < 4.78 is 0.970. The van der Waals surface area contributed by atoms with Gasteiger partial charge in [-0.25, -0.2) is 4.79 Å². The smallest absolute Gasteiger partial charge is 0.328 e. The van der Waals surface area contributed by atoms with Gasteiger partial charge in [0, 0.05) is 33.2 Å². The molecular weight excluding hydrogens is 314 g/mol. The number of aliphatic carboxylic acids is 1. The minimum absolute atomic E-state index is 0.745. The molecule has 0 saturated carbocycles. The second-order valence-electron chi connectivity index (χ2n) is 3.91. The lowest BCUT2D eigenvalue weighted by Gasteiger charge is -2.08. The Morgan fingerprint density at radius 3 is 3.00 bits per heavy atom. The number of benzene rings is 1. The molecule has 1 aromatic carbocycles. The van der Waals surface area contributed by atoms with Crippen LogP contribution < -0.4 is 5.32 Å². The monoisotopic (exact) mass is 325 g/mol. The van der Waals surface area contributed by atoms with Crippen molar-refractivity contribution in [1.29, 1.82) is 0 Å². The Morgan fingerprint density at radius 2 is 2.28 bits per heavy atom. The average Bonchev–Trinajstić information content (AvgIpc) is 2.47. The second-order valence-corrected chi connectivity index (χ2v) is 5.27. The van der Waals surface area contributed by atoms with Gasteiger partial charge in [-0.15, -0.1) is 12.6 Å². The average molecular weight is 326 g/mol. The number of hydrogen-bond acceptors (Lipinski definition) is 3. The molecule has 0 aliphatic carbocycles. The summed E-state index contributed by atoms with van der Waals surface area (Å²) in [6.45, 7) is 0.762. The summed E-state index contributed by atoms with van der Waals surface area (Å²) in [7, 11) is 0. The van der Waals surface area contributed by atoms with Crippen molar-refractivity contribution in [2.45, 2.75) is 6.42 Å². The molecular formula is C13H12BrNO2S. The molecule has 0 spiro atoms. The van der Waals surface area contributed by atoms with Crippen LogP contribution in [0.3, 0.4) is 0 Å². The van der Waals surface area contributed by atoms with Gasteiger partial charge in [-0.2, -0.15) is 0 Å². The summed E-state index contributed by atoms with van der Waals surface area (Å²) in [5.74, 6) is -0.949. The Bertz CT molecular complexity index is 552. The van der Waals surface area contributed by atoms with E-state index in [4.69, 9.17) is 5.11 Å². The van der Waals surface area contributed by atoms with Gasteiger partial charge in [0.2, 0.25) is 0 Å². The number of anilines is 1. The van der Waals surface area contributed by atoms with E-state index in [0.717, 1.165) is 45.2 Å². The van der Waals surface area contributed by atoms with Crippen molar-refractivity contribution in [1.82, 2.24) is 0 Å². The van der Waals surface area contributed by atoms with Crippen LogP contribution in [0.25, 0.3) is 4.91 Å². The summed E-state index contributed by atoms with van der Waals surface area (Å²) >= 11 is 7.96. The van der Waals surface area contributed by atoms with Crippen LogP contribution in [0.1, 0.15) is 12.0 Å². The fourth-order valence-electron chi connectivity index (χ4n) is 1.82. The normalized spacial score (nSPS) is 15.2. The number of carboxylic acid groups (broad SMARTS) is 1.